The first-order valence-corrected chi connectivity index (χ1v) is 7.71. The molecule has 0 aliphatic carbocycles. The quantitative estimate of drug-likeness (QED) is 0.924. The van der Waals surface area contributed by atoms with Crippen LogP contribution in [0.3, 0.4) is 0 Å². The Hall–Kier alpha value is -2.42. The second kappa shape index (κ2) is 7.23. The molecule has 1 aliphatic heterocycles. The minimum absolute atomic E-state index is 0.0271. The van der Waals surface area contributed by atoms with E-state index in [0.717, 1.165) is 12.1 Å². The monoisotopic (exact) mass is 317 g/mol. The van der Waals surface area contributed by atoms with Gasteiger partial charge >= 0.3 is 6.09 Å². The van der Waals surface area contributed by atoms with Gasteiger partial charge in [-0.25, -0.2) is 4.79 Å². The summed E-state index contributed by atoms with van der Waals surface area (Å²) in [5.41, 5.74) is 0.436. The van der Waals surface area contributed by atoms with Crippen LogP contribution in [0.5, 0.6) is 5.75 Å². The molecule has 6 nitrogen and oxygen atoms in total. The van der Waals surface area contributed by atoms with Crippen molar-refractivity contribution in [2.75, 3.05) is 25.0 Å². The predicted octanol–water partition coefficient (Wildman–Crippen LogP) is 3.01. The van der Waals surface area contributed by atoms with Crippen LogP contribution in [0, 0.1) is 11.3 Å². The van der Waals surface area contributed by atoms with E-state index < -0.39 is 5.60 Å². The van der Waals surface area contributed by atoms with E-state index in [0.29, 0.717) is 18.8 Å². The Labute approximate surface area is 137 Å². The summed E-state index contributed by atoms with van der Waals surface area (Å²) >= 11 is 0. The van der Waals surface area contributed by atoms with Crippen molar-refractivity contribution in [3.05, 3.63) is 24.3 Å². The third kappa shape index (κ3) is 5.37. The lowest BCUT2D eigenvalue weighted by Gasteiger charge is -2.24. The van der Waals surface area contributed by atoms with Crippen molar-refractivity contribution in [3.8, 4) is 11.8 Å². The number of hydrogen-bond acceptors (Lipinski definition) is 5. The van der Waals surface area contributed by atoms with Crippen LogP contribution >= 0.6 is 0 Å². The zero-order valence-corrected chi connectivity index (χ0v) is 13.8. The normalized spacial score (nSPS) is 17.5. The Bertz CT molecular complexity index is 589. The zero-order valence-electron chi connectivity index (χ0n) is 13.8. The molecule has 1 aromatic carbocycles. The van der Waals surface area contributed by atoms with Gasteiger partial charge in [-0.15, -0.1) is 0 Å². The number of nitrogens with zero attached hydrogens (tertiary/aromatic N) is 2. The van der Waals surface area contributed by atoms with Gasteiger partial charge in [0, 0.05) is 30.9 Å². The number of anilines is 1. The number of likely N-dealkylation sites (tertiary alicyclic amines) is 1. The van der Waals surface area contributed by atoms with Gasteiger partial charge in [-0.3, -0.25) is 0 Å². The molecule has 0 saturated carbocycles. The van der Waals surface area contributed by atoms with E-state index in [1.54, 1.807) is 4.90 Å². The van der Waals surface area contributed by atoms with Crippen LogP contribution in [0.15, 0.2) is 24.3 Å². The van der Waals surface area contributed by atoms with Crippen molar-refractivity contribution in [2.24, 2.45) is 0 Å². The summed E-state index contributed by atoms with van der Waals surface area (Å²) in [5.74, 6) is 0.651. The lowest BCUT2D eigenvalue weighted by Crippen LogP contribution is -2.36. The Morgan fingerprint density at radius 2 is 2.26 bits per heavy atom. The predicted molar refractivity (Wildman–Crippen MR) is 87.4 cm³/mol. The summed E-state index contributed by atoms with van der Waals surface area (Å²) in [6.07, 6.45) is 0.593. The van der Waals surface area contributed by atoms with Crippen molar-refractivity contribution >= 4 is 11.8 Å². The number of carbonyl (C=O) groups excluding carboxylic acids is 1. The van der Waals surface area contributed by atoms with Gasteiger partial charge in [0.25, 0.3) is 0 Å². The van der Waals surface area contributed by atoms with Crippen LogP contribution in [-0.2, 0) is 4.74 Å². The molecule has 1 N–H and O–H groups in total. The van der Waals surface area contributed by atoms with E-state index in [-0.39, 0.29) is 18.7 Å². The third-order valence-corrected chi connectivity index (χ3v) is 3.35. The van der Waals surface area contributed by atoms with Gasteiger partial charge < -0.3 is 19.7 Å². The lowest BCUT2D eigenvalue weighted by atomic mass is 10.2. The number of carbonyl (C=O) groups is 1. The van der Waals surface area contributed by atoms with E-state index in [2.05, 4.69) is 5.32 Å². The molecule has 0 radical (unpaired) electrons. The van der Waals surface area contributed by atoms with Crippen LogP contribution in [0.4, 0.5) is 10.5 Å². The van der Waals surface area contributed by atoms with E-state index >= 15 is 0 Å². The van der Waals surface area contributed by atoms with Gasteiger partial charge in [0.2, 0.25) is 0 Å². The maximum absolute atomic E-state index is 12.1. The molecule has 0 bridgehead atoms. The van der Waals surface area contributed by atoms with Crippen molar-refractivity contribution in [2.45, 2.75) is 38.8 Å². The Kier molecular flexibility index (Phi) is 5.32. The summed E-state index contributed by atoms with van der Waals surface area (Å²) in [6, 6.07) is 9.59. The molecular formula is C17H23N3O3. The number of amides is 1. The molecule has 1 fully saturated rings. The summed E-state index contributed by atoms with van der Waals surface area (Å²) in [4.78, 5) is 13.8. The number of benzene rings is 1. The van der Waals surface area contributed by atoms with Crippen LogP contribution in [0.2, 0.25) is 0 Å². The second-order valence-electron chi connectivity index (χ2n) is 6.53. The summed E-state index contributed by atoms with van der Waals surface area (Å²) < 4.78 is 10.7. The van der Waals surface area contributed by atoms with Crippen LogP contribution in [0.25, 0.3) is 0 Å². The molecule has 0 spiro atoms. The van der Waals surface area contributed by atoms with Crippen molar-refractivity contribution in [3.63, 3.8) is 0 Å². The summed E-state index contributed by atoms with van der Waals surface area (Å²) in [7, 11) is 0. The first-order chi connectivity index (χ1) is 10.9. The molecule has 6 heteroatoms. The highest BCUT2D eigenvalue weighted by molar-refractivity contribution is 5.68. The average molecular weight is 317 g/mol. The summed E-state index contributed by atoms with van der Waals surface area (Å²) in [5, 5.41) is 11.9. The Balaban J connectivity index is 1.88. The van der Waals surface area contributed by atoms with Crippen molar-refractivity contribution < 1.29 is 14.3 Å². The average Bonchev–Trinajstić information content (AvgIpc) is 2.92. The molecule has 1 atom stereocenters. The van der Waals surface area contributed by atoms with Gasteiger partial charge in [-0.2, -0.15) is 5.26 Å². The largest absolute Gasteiger partial charge is 0.479 e. The van der Waals surface area contributed by atoms with Crippen LogP contribution < -0.4 is 10.1 Å². The SMILES string of the molecule is CC(C)(C)OC(=O)N1CCC(Nc2cccc(OCC#N)c2)C1. The maximum Gasteiger partial charge on any atom is 0.410 e. The van der Waals surface area contributed by atoms with Gasteiger partial charge in [-0.05, 0) is 39.3 Å². The molecule has 1 aromatic rings. The second-order valence-corrected chi connectivity index (χ2v) is 6.53. The standard InChI is InChI=1S/C17H23N3O3/c1-17(2,3)23-16(21)20-9-7-14(12-20)19-13-5-4-6-15(11-13)22-10-8-18/h4-6,11,14,19H,7,9-10,12H2,1-3H3. The Morgan fingerprint density at radius 1 is 1.48 bits per heavy atom. The van der Waals surface area contributed by atoms with E-state index in [9.17, 15) is 4.79 Å². The molecule has 1 aliphatic rings. The smallest absolute Gasteiger partial charge is 0.410 e. The van der Waals surface area contributed by atoms with Gasteiger partial charge in [0.1, 0.15) is 17.4 Å². The van der Waals surface area contributed by atoms with Crippen molar-refractivity contribution in [1.29, 1.82) is 5.26 Å². The molecule has 1 saturated heterocycles. The molecule has 0 aromatic heterocycles. The van der Waals surface area contributed by atoms with E-state index in [1.165, 1.54) is 0 Å². The summed E-state index contributed by atoms with van der Waals surface area (Å²) in [6.45, 7) is 6.91. The number of rotatable bonds is 4. The van der Waals surface area contributed by atoms with E-state index in [4.69, 9.17) is 14.7 Å². The van der Waals surface area contributed by atoms with Gasteiger partial charge in [-0.1, -0.05) is 6.07 Å². The first-order valence-electron chi connectivity index (χ1n) is 7.71. The fourth-order valence-corrected chi connectivity index (χ4v) is 2.40. The number of nitriles is 1. The third-order valence-electron chi connectivity index (χ3n) is 3.35. The minimum atomic E-state index is -0.477. The highest BCUT2D eigenvalue weighted by Crippen LogP contribution is 2.22. The van der Waals surface area contributed by atoms with E-state index in [1.807, 2.05) is 51.1 Å². The van der Waals surface area contributed by atoms with Gasteiger partial charge in [0.15, 0.2) is 6.61 Å². The van der Waals surface area contributed by atoms with Crippen LogP contribution in [0.1, 0.15) is 27.2 Å². The highest BCUT2D eigenvalue weighted by atomic mass is 16.6. The Morgan fingerprint density at radius 3 is 2.96 bits per heavy atom. The number of hydrogen-bond donors (Lipinski definition) is 1. The molecule has 1 amide bonds. The fourth-order valence-electron chi connectivity index (χ4n) is 2.40. The molecule has 23 heavy (non-hydrogen) atoms. The molecule has 2 rings (SSSR count). The maximum atomic E-state index is 12.1. The minimum Gasteiger partial charge on any atom is -0.479 e. The molecule has 124 valence electrons. The molecule has 1 heterocycles. The lowest BCUT2D eigenvalue weighted by molar-refractivity contribution is 0.0293. The zero-order chi connectivity index (χ0) is 16.9. The molecular weight excluding hydrogens is 294 g/mol. The highest BCUT2D eigenvalue weighted by Gasteiger charge is 2.29. The molecule has 1 unspecified atom stereocenters. The fraction of sp³-hybridized carbons (Fsp3) is 0.529. The number of nitrogens with one attached hydrogen (secondary N) is 1. The topological polar surface area (TPSA) is 74.6 Å². The number of ether oxygens (including phenoxy) is 2. The first kappa shape index (κ1) is 16.9. The van der Waals surface area contributed by atoms with Crippen molar-refractivity contribution in [1.82, 2.24) is 4.90 Å². The van der Waals surface area contributed by atoms with Crippen LogP contribution in [-0.4, -0.2) is 42.3 Å². The van der Waals surface area contributed by atoms with Gasteiger partial charge in [0.05, 0.1) is 0 Å².